The molecule has 11 heavy (non-hydrogen) atoms. The molecule has 0 aromatic heterocycles. The van der Waals surface area contributed by atoms with Gasteiger partial charge >= 0.3 is 0 Å². The number of hydrogen-bond acceptors (Lipinski definition) is 2. The summed E-state index contributed by atoms with van der Waals surface area (Å²) < 4.78 is 0. The molecule has 2 N–H and O–H groups in total. The Morgan fingerprint density at radius 1 is 0.909 bits per heavy atom. The van der Waals surface area contributed by atoms with Gasteiger partial charge in [-0.1, -0.05) is 26.7 Å². The summed E-state index contributed by atoms with van der Waals surface area (Å²) in [5, 5.41) is 19.3. The summed E-state index contributed by atoms with van der Waals surface area (Å²) in [6.45, 7) is 3.86. The summed E-state index contributed by atoms with van der Waals surface area (Å²) in [5.41, 5.74) is -0.330. The Morgan fingerprint density at radius 2 is 1.45 bits per heavy atom. The van der Waals surface area contributed by atoms with Gasteiger partial charge in [-0.3, -0.25) is 0 Å². The lowest BCUT2D eigenvalue weighted by atomic mass is 9.79. The van der Waals surface area contributed by atoms with E-state index in [1.54, 1.807) is 0 Å². The highest BCUT2D eigenvalue weighted by molar-refractivity contribution is 4.86. The average Bonchev–Trinajstić information content (AvgIpc) is 1.94. The van der Waals surface area contributed by atoms with E-state index in [-0.39, 0.29) is 5.41 Å². The maximum absolute atomic E-state index is 9.64. The zero-order chi connectivity index (χ0) is 8.54. The van der Waals surface area contributed by atoms with Crippen molar-refractivity contribution in [2.24, 2.45) is 5.41 Å². The minimum atomic E-state index is -1.44. The second kappa shape index (κ2) is 2.76. The van der Waals surface area contributed by atoms with Gasteiger partial charge in [-0.2, -0.15) is 0 Å². The third-order valence-corrected chi connectivity index (χ3v) is 2.91. The van der Waals surface area contributed by atoms with E-state index in [1.807, 2.05) is 13.8 Å². The Hall–Kier alpha value is -0.0800. The van der Waals surface area contributed by atoms with E-state index in [9.17, 15) is 10.2 Å². The maximum Gasteiger partial charge on any atom is 0.167 e. The molecule has 0 atom stereocenters. The third-order valence-electron chi connectivity index (χ3n) is 2.91. The molecule has 1 rings (SSSR count). The van der Waals surface area contributed by atoms with Crippen LogP contribution in [0.2, 0.25) is 0 Å². The van der Waals surface area contributed by atoms with Crippen molar-refractivity contribution in [1.82, 2.24) is 0 Å². The van der Waals surface area contributed by atoms with Gasteiger partial charge in [0, 0.05) is 11.8 Å². The molecule has 0 aliphatic heterocycles. The molecule has 0 radical (unpaired) electrons. The van der Waals surface area contributed by atoms with Crippen LogP contribution in [0.5, 0.6) is 0 Å². The van der Waals surface area contributed by atoms with Gasteiger partial charge in [-0.25, -0.2) is 0 Å². The van der Waals surface area contributed by atoms with Crippen molar-refractivity contribution in [3.63, 3.8) is 0 Å². The van der Waals surface area contributed by atoms with Crippen molar-refractivity contribution < 1.29 is 10.2 Å². The molecule has 0 amide bonds. The smallest absolute Gasteiger partial charge is 0.167 e. The van der Waals surface area contributed by atoms with Crippen LogP contribution < -0.4 is 0 Å². The molecule has 0 spiro atoms. The first-order valence-electron chi connectivity index (χ1n) is 4.40. The van der Waals surface area contributed by atoms with Crippen LogP contribution >= 0.6 is 0 Å². The predicted octanol–water partition coefficient (Wildman–Crippen LogP) is 1.66. The fourth-order valence-electron chi connectivity index (χ4n) is 1.65. The van der Waals surface area contributed by atoms with Gasteiger partial charge in [0.2, 0.25) is 0 Å². The van der Waals surface area contributed by atoms with Crippen LogP contribution in [0, 0.1) is 5.41 Å². The van der Waals surface area contributed by atoms with Crippen molar-refractivity contribution in [3.8, 4) is 0 Å². The van der Waals surface area contributed by atoms with Crippen molar-refractivity contribution >= 4 is 0 Å². The molecule has 0 aromatic carbocycles. The van der Waals surface area contributed by atoms with E-state index in [0.29, 0.717) is 6.42 Å². The van der Waals surface area contributed by atoms with Gasteiger partial charge < -0.3 is 10.2 Å². The lowest BCUT2D eigenvalue weighted by molar-refractivity contribution is -0.235. The molecule has 1 saturated carbocycles. The first-order chi connectivity index (χ1) is 4.96. The lowest BCUT2D eigenvalue weighted by Gasteiger charge is -2.36. The normalized spacial score (nSPS) is 29.5. The first-order valence-corrected chi connectivity index (χ1v) is 4.40. The molecule has 1 fully saturated rings. The van der Waals surface area contributed by atoms with Crippen molar-refractivity contribution in [1.29, 1.82) is 0 Å². The standard InChI is InChI=1S/C9H18O2/c1-8(2)6-4-3-5-7-9(8,10)11/h10-11H,3-7H2,1-2H3. The van der Waals surface area contributed by atoms with Gasteiger partial charge in [0.1, 0.15) is 0 Å². The summed E-state index contributed by atoms with van der Waals surface area (Å²) >= 11 is 0. The molecule has 1 aliphatic carbocycles. The van der Waals surface area contributed by atoms with E-state index in [4.69, 9.17) is 0 Å². The molecule has 2 nitrogen and oxygen atoms in total. The fraction of sp³-hybridized carbons (Fsp3) is 1.00. The highest BCUT2D eigenvalue weighted by Crippen LogP contribution is 2.40. The van der Waals surface area contributed by atoms with Crippen molar-refractivity contribution in [2.45, 2.75) is 51.7 Å². The molecule has 0 aromatic rings. The summed E-state index contributed by atoms with van der Waals surface area (Å²) in [5.74, 6) is -1.44. The van der Waals surface area contributed by atoms with E-state index < -0.39 is 5.79 Å². The highest BCUT2D eigenvalue weighted by Gasteiger charge is 2.41. The molecule has 66 valence electrons. The maximum atomic E-state index is 9.64. The third kappa shape index (κ3) is 1.74. The monoisotopic (exact) mass is 158 g/mol. The molecule has 0 heterocycles. The van der Waals surface area contributed by atoms with Crippen LogP contribution in [0.3, 0.4) is 0 Å². The van der Waals surface area contributed by atoms with Crippen molar-refractivity contribution in [3.05, 3.63) is 0 Å². The fourth-order valence-corrected chi connectivity index (χ4v) is 1.65. The zero-order valence-electron chi connectivity index (χ0n) is 7.43. The lowest BCUT2D eigenvalue weighted by Crippen LogP contribution is -2.43. The van der Waals surface area contributed by atoms with E-state index in [1.165, 1.54) is 0 Å². The molecular weight excluding hydrogens is 140 g/mol. The summed E-state index contributed by atoms with van der Waals surface area (Å²) in [6.07, 6.45) is 4.64. The second-order valence-electron chi connectivity index (χ2n) is 4.26. The highest BCUT2D eigenvalue weighted by atomic mass is 16.5. The van der Waals surface area contributed by atoms with Crippen LogP contribution in [-0.2, 0) is 0 Å². The van der Waals surface area contributed by atoms with Crippen LogP contribution in [-0.4, -0.2) is 16.0 Å². The van der Waals surface area contributed by atoms with Gasteiger partial charge in [-0.05, 0) is 12.8 Å². The Kier molecular flexibility index (Phi) is 2.26. The second-order valence-corrected chi connectivity index (χ2v) is 4.26. The average molecular weight is 158 g/mol. The molecule has 2 heteroatoms. The van der Waals surface area contributed by atoms with Crippen LogP contribution in [0.15, 0.2) is 0 Å². The largest absolute Gasteiger partial charge is 0.365 e. The summed E-state index contributed by atoms with van der Waals surface area (Å²) in [4.78, 5) is 0. The minimum absolute atomic E-state index is 0.330. The van der Waals surface area contributed by atoms with E-state index >= 15 is 0 Å². The van der Waals surface area contributed by atoms with Gasteiger partial charge in [-0.15, -0.1) is 0 Å². The minimum Gasteiger partial charge on any atom is -0.365 e. The molecule has 0 unspecified atom stereocenters. The van der Waals surface area contributed by atoms with Crippen LogP contribution in [0.4, 0.5) is 0 Å². The topological polar surface area (TPSA) is 40.5 Å². The number of aliphatic hydroxyl groups is 2. The van der Waals surface area contributed by atoms with E-state index in [2.05, 4.69) is 0 Å². The quantitative estimate of drug-likeness (QED) is 0.416. The van der Waals surface area contributed by atoms with Crippen LogP contribution in [0.1, 0.15) is 46.0 Å². The van der Waals surface area contributed by atoms with E-state index in [0.717, 1.165) is 25.7 Å². The van der Waals surface area contributed by atoms with Gasteiger partial charge in [0.25, 0.3) is 0 Å². The molecular formula is C9H18O2. The SMILES string of the molecule is CC1(C)CCCCCC1(O)O. The summed E-state index contributed by atoms with van der Waals surface area (Å²) in [7, 11) is 0. The van der Waals surface area contributed by atoms with Gasteiger partial charge in [0.05, 0.1) is 0 Å². The zero-order valence-corrected chi connectivity index (χ0v) is 7.43. The summed E-state index contributed by atoms with van der Waals surface area (Å²) in [6, 6.07) is 0. The molecule has 1 aliphatic rings. The Bertz CT molecular complexity index is 122. The number of hydrogen-bond donors (Lipinski definition) is 2. The van der Waals surface area contributed by atoms with Gasteiger partial charge in [0.15, 0.2) is 5.79 Å². The Labute approximate surface area is 68.2 Å². The van der Waals surface area contributed by atoms with Crippen molar-refractivity contribution in [2.75, 3.05) is 0 Å². The predicted molar refractivity (Wildman–Crippen MR) is 44.0 cm³/mol. The Balaban J connectivity index is 2.72. The first kappa shape index (κ1) is 9.01. The number of rotatable bonds is 0. The Morgan fingerprint density at radius 3 is 2.09 bits per heavy atom. The molecule has 0 bridgehead atoms. The van der Waals surface area contributed by atoms with Crippen LogP contribution in [0.25, 0.3) is 0 Å². The molecule has 0 saturated heterocycles.